The van der Waals surface area contributed by atoms with Gasteiger partial charge >= 0.3 is 0 Å². The van der Waals surface area contributed by atoms with E-state index in [1.165, 1.54) is 76.5 Å². The maximum Gasteiger partial charge on any atom is -0.00200 e. The van der Waals surface area contributed by atoms with Crippen LogP contribution in [0.5, 0.6) is 0 Å². The van der Waals surface area contributed by atoms with Crippen molar-refractivity contribution in [2.75, 3.05) is 0 Å². The number of hydrogen-bond donors (Lipinski definition) is 0. The van der Waals surface area contributed by atoms with E-state index in [-0.39, 0.29) is 0 Å². The quantitative estimate of drug-likeness (QED) is 0.209. The fourth-order valence-corrected chi connectivity index (χ4v) is 6.81. The third-order valence-electron chi connectivity index (χ3n) is 8.66. The van der Waals surface area contributed by atoms with E-state index in [1.54, 1.807) is 0 Å². The molecule has 39 heavy (non-hydrogen) atoms. The summed E-state index contributed by atoms with van der Waals surface area (Å²) in [5.41, 5.74) is 8.10. The van der Waals surface area contributed by atoms with E-state index in [2.05, 4.69) is 140 Å². The van der Waals surface area contributed by atoms with Crippen LogP contribution in [0.25, 0.3) is 71.4 Å². The van der Waals surface area contributed by atoms with E-state index in [1.807, 2.05) is 0 Å². The molecule has 0 heterocycles. The van der Waals surface area contributed by atoms with Crippen LogP contribution in [0.4, 0.5) is 0 Å². The molecule has 1 aliphatic rings. The van der Waals surface area contributed by atoms with Crippen LogP contribution < -0.4 is 0 Å². The van der Waals surface area contributed by atoms with Crippen LogP contribution in [0, 0.1) is 0 Å². The highest BCUT2D eigenvalue weighted by molar-refractivity contribution is 6.24. The van der Waals surface area contributed by atoms with Crippen molar-refractivity contribution in [3.8, 4) is 22.3 Å². The molecule has 1 aliphatic carbocycles. The summed E-state index contributed by atoms with van der Waals surface area (Å²) in [5, 5.41) is 10.4. The van der Waals surface area contributed by atoms with Crippen LogP contribution in [-0.4, -0.2) is 0 Å². The molecule has 7 aromatic carbocycles. The van der Waals surface area contributed by atoms with Crippen molar-refractivity contribution >= 4 is 49.2 Å². The van der Waals surface area contributed by atoms with Gasteiger partial charge in [-0.2, -0.15) is 0 Å². The van der Waals surface area contributed by atoms with Crippen LogP contribution >= 0.6 is 0 Å². The molecule has 0 radical (unpaired) electrons. The van der Waals surface area contributed by atoms with Gasteiger partial charge in [0.05, 0.1) is 0 Å². The van der Waals surface area contributed by atoms with Crippen molar-refractivity contribution in [3.05, 3.63) is 139 Å². The molecule has 8 rings (SSSR count). The van der Waals surface area contributed by atoms with Gasteiger partial charge in [0, 0.05) is 0 Å². The van der Waals surface area contributed by atoms with Gasteiger partial charge in [-0.15, -0.1) is 0 Å². The second-order valence-electron chi connectivity index (χ2n) is 10.9. The molecular weight excluding hydrogens is 468 g/mol. The Kier molecular flexibility index (Phi) is 4.97. The van der Waals surface area contributed by atoms with Crippen molar-refractivity contribution in [1.29, 1.82) is 0 Å². The Bertz CT molecular complexity index is 2050. The zero-order valence-corrected chi connectivity index (χ0v) is 22.0. The first-order valence-electron chi connectivity index (χ1n) is 13.9. The van der Waals surface area contributed by atoms with Crippen molar-refractivity contribution < 1.29 is 0 Å². The largest absolute Gasteiger partial charge is 0.0833 e. The van der Waals surface area contributed by atoms with Gasteiger partial charge < -0.3 is 0 Å². The van der Waals surface area contributed by atoms with Crippen LogP contribution in [0.3, 0.4) is 0 Å². The minimum atomic E-state index is 0.503. The second-order valence-corrected chi connectivity index (χ2v) is 10.9. The van der Waals surface area contributed by atoms with E-state index in [0.717, 1.165) is 6.42 Å². The van der Waals surface area contributed by atoms with Gasteiger partial charge in [0.25, 0.3) is 0 Å². The molecule has 184 valence electrons. The zero-order valence-electron chi connectivity index (χ0n) is 22.0. The number of benzene rings is 7. The molecule has 0 aromatic heterocycles. The molecule has 0 aliphatic heterocycles. The summed E-state index contributed by atoms with van der Waals surface area (Å²) in [4.78, 5) is 0. The van der Waals surface area contributed by atoms with Crippen molar-refractivity contribution in [2.24, 2.45) is 0 Å². The predicted octanol–water partition coefficient (Wildman–Crippen LogP) is 11.2. The summed E-state index contributed by atoms with van der Waals surface area (Å²) in [7, 11) is 0. The van der Waals surface area contributed by atoms with Crippen molar-refractivity contribution in [3.63, 3.8) is 0 Å². The van der Waals surface area contributed by atoms with Gasteiger partial charge in [-0.25, -0.2) is 0 Å². The number of hydrogen-bond acceptors (Lipinski definition) is 0. The highest BCUT2D eigenvalue weighted by Gasteiger charge is 2.22. The minimum absolute atomic E-state index is 0.503. The molecular formula is C39H28. The summed E-state index contributed by atoms with van der Waals surface area (Å²) in [6.07, 6.45) is 5.76. The maximum absolute atomic E-state index is 2.50. The normalized spacial score (nSPS) is 14.8. The molecule has 1 unspecified atom stereocenters. The number of rotatable bonds is 2. The fraction of sp³-hybridized carbons (Fsp3) is 0.0769. The summed E-state index contributed by atoms with van der Waals surface area (Å²) < 4.78 is 0. The summed E-state index contributed by atoms with van der Waals surface area (Å²) in [6.45, 7) is 2.36. The topological polar surface area (TPSA) is 0 Å². The average Bonchev–Trinajstić information content (AvgIpc) is 2.99. The lowest BCUT2D eigenvalue weighted by molar-refractivity contribution is 0.774. The molecule has 0 N–H and O–H groups in total. The van der Waals surface area contributed by atoms with Crippen LogP contribution in [-0.2, 0) is 0 Å². The summed E-state index contributed by atoms with van der Waals surface area (Å²) in [5.74, 6) is 0.503. The van der Waals surface area contributed by atoms with Crippen molar-refractivity contribution in [2.45, 2.75) is 19.3 Å². The highest BCUT2D eigenvalue weighted by Crippen LogP contribution is 2.47. The average molecular weight is 497 g/mol. The molecule has 1 atom stereocenters. The Morgan fingerprint density at radius 3 is 1.77 bits per heavy atom. The third kappa shape index (κ3) is 3.38. The van der Waals surface area contributed by atoms with Crippen LogP contribution in [0.15, 0.2) is 127 Å². The molecule has 0 spiro atoms. The highest BCUT2D eigenvalue weighted by atomic mass is 14.3. The van der Waals surface area contributed by atoms with Crippen LogP contribution in [0.2, 0.25) is 0 Å². The van der Waals surface area contributed by atoms with Crippen molar-refractivity contribution in [1.82, 2.24) is 0 Å². The monoisotopic (exact) mass is 496 g/mol. The fourth-order valence-electron chi connectivity index (χ4n) is 6.81. The number of fused-ring (bicyclic) bond motifs is 6. The third-order valence-corrected chi connectivity index (χ3v) is 8.66. The van der Waals surface area contributed by atoms with E-state index in [0.29, 0.717) is 5.92 Å². The molecule has 0 fully saturated rings. The molecule has 0 nitrogen and oxygen atoms in total. The molecule has 0 heteroatoms. The van der Waals surface area contributed by atoms with Gasteiger partial charge in [-0.05, 0) is 101 Å². The molecule has 0 saturated carbocycles. The van der Waals surface area contributed by atoms with Gasteiger partial charge in [0.1, 0.15) is 0 Å². The first kappa shape index (κ1) is 22.3. The lowest BCUT2D eigenvalue weighted by atomic mass is 9.80. The van der Waals surface area contributed by atoms with Gasteiger partial charge in [-0.3, -0.25) is 0 Å². The zero-order chi connectivity index (χ0) is 25.9. The van der Waals surface area contributed by atoms with Crippen LogP contribution in [0.1, 0.15) is 30.4 Å². The lowest BCUT2D eigenvalue weighted by Gasteiger charge is -2.24. The molecule has 0 amide bonds. The van der Waals surface area contributed by atoms with Gasteiger partial charge in [0.2, 0.25) is 0 Å². The van der Waals surface area contributed by atoms with E-state index < -0.39 is 0 Å². The smallest absolute Gasteiger partial charge is 0.00200 e. The molecule has 0 saturated heterocycles. The molecule has 7 aromatic rings. The maximum atomic E-state index is 2.50. The standard InChI is InChI=1S/C39H28/c1-25-11-10-20-30-29-14-4-5-15-31(29)37(24-36(25)30)39-34-18-8-6-16-32(34)38(33-17-7-9-19-35(33)39)28-22-21-26-12-2-3-13-27(26)23-28/h2-10,12-25H,11H2,1H3. The summed E-state index contributed by atoms with van der Waals surface area (Å²) in [6, 6.07) is 45.0. The Morgan fingerprint density at radius 1 is 0.513 bits per heavy atom. The Hall–Kier alpha value is -4.68. The number of allylic oxidation sites excluding steroid dienone is 1. The Labute approximate surface area is 228 Å². The van der Waals surface area contributed by atoms with E-state index in [4.69, 9.17) is 0 Å². The van der Waals surface area contributed by atoms with Gasteiger partial charge in [-0.1, -0.05) is 128 Å². The molecule has 0 bridgehead atoms. The van der Waals surface area contributed by atoms with E-state index >= 15 is 0 Å². The summed E-state index contributed by atoms with van der Waals surface area (Å²) >= 11 is 0. The first-order chi connectivity index (χ1) is 19.3. The minimum Gasteiger partial charge on any atom is -0.0833 e. The first-order valence-corrected chi connectivity index (χ1v) is 13.9. The SMILES string of the molecule is CC1CC=Cc2c1cc(-c1c3ccccc3c(-c3ccc4ccccc4c3)c3ccccc13)c1ccccc21. The Morgan fingerprint density at radius 2 is 1.08 bits per heavy atom. The predicted molar refractivity (Wildman–Crippen MR) is 169 cm³/mol. The lowest BCUT2D eigenvalue weighted by Crippen LogP contribution is -2.02. The van der Waals surface area contributed by atoms with Gasteiger partial charge in [0.15, 0.2) is 0 Å². The Balaban J connectivity index is 1.53. The van der Waals surface area contributed by atoms with E-state index in [9.17, 15) is 0 Å². The second kappa shape index (κ2) is 8.68.